The fourth-order valence-corrected chi connectivity index (χ4v) is 1.84. The van der Waals surface area contributed by atoms with Gasteiger partial charge >= 0.3 is 0 Å². The first-order chi connectivity index (χ1) is 8.13. The summed E-state index contributed by atoms with van der Waals surface area (Å²) in [4.78, 5) is 15.4. The van der Waals surface area contributed by atoms with Gasteiger partial charge in [0, 0.05) is 19.9 Å². The monoisotopic (exact) mass is 321 g/mol. The van der Waals surface area contributed by atoms with Crippen LogP contribution in [0.1, 0.15) is 0 Å². The molecule has 1 aromatic rings. The zero-order chi connectivity index (χ0) is 12.7. The highest BCUT2D eigenvalue weighted by molar-refractivity contribution is 9.10. The van der Waals surface area contributed by atoms with Gasteiger partial charge in [-0.1, -0.05) is 11.6 Å². The Morgan fingerprint density at radius 3 is 3.06 bits per heavy atom. The average molecular weight is 323 g/mol. The lowest BCUT2D eigenvalue weighted by Gasteiger charge is -2.08. The number of methoxy groups -OCH3 is 1. The molecule has 0 aliphatic carbocycles. The van der Waals surface area contributed by atoms with E-state index < -0.39 is 0 Å². The van der Waals surface area contributed by atoms with E-state index in [0.29, 0.717) is 24.0 Å². The predicted octanol–water partition coefficient (Wildman–Crippen LogP) is 1.67. The molecule has 94 valence electrons. The normalized spacial score (nSPS) is 10.1. The SMILES string of the molecule is COCCNC(=O)CNc1ncc(Cl)cc1Br. The average Bonchev–Trinajstić information content (AvgIpc) is 2.28. The van der Waals surface area contributed by atoms with Crippen LogP contribution >= 0.6 is 27.5 Å². The molecule has 0 spiro atoms. The van der Waals surface area contributed by atoms with Crippen LogP contribution in [-0.4, -0.2) is 37.7 Å². The van der Waals surface area contributed by atoms with E-state index in [0.717, 1.165) is 4.47 Å². The maximum Gasteiger partial charge on any atom is 0.239 e. The number of carbonyl (C=O) groups excluding carboxylic acids is 1. The quantitative estimate of drug-likeness (QED) is 0.782. The van der Waals surface area contributed by atoms with Gasteiger partial charge in [0.2, 0.25) is 5.91 Å². The summed E-state index contributed by atoms with van der Waals surface area (Å²) in [6.45, 7) is 1.14. The summed E-state index contributed by atoms with van der Waals surface area (Å²) in [7, 11) is 1.58. The van der Waals surface area contributed by atoms with Crippen LogP contribution in [0.3, 0.4) is 0 Å². The summed E-state index contributed by atoms with van der Waals surface area (Å²) in [5.41, 5.74) is 0. The number of aromatic nitrogens is 1. The van der Waals surface area contributed by atoms with Gasteiger partial charge in [-0.25, -0.2) is 4.98 Å². The first-order valence-corrected chi connectivity index (χ1v) is 6.11. The van der Waals surface area contributed by atoms with Crippen molar-refractivity contribution in [3.63, 3.8) is 0 Å². The van der Waals surface area contributed by atoms with Gasteiger partial charge in [-0.2, -0.15) is 0 Å². The Morgan fingerprint density at radius 2 is 2.41 bits per heavy atom. The van der Waals surface area contributed by atoms with Crippen molar-refractivity contribution in [3.8, 4) is 0 Å². The third kappa shape index (κ3) is 5.34. The smallest absolute Gasteiger partial charge is 0.239 e. The largest absolute Gasteiger partial charge is 0.383 e. The Balaban J connectivity index is 2.37. The van der Waals surface area contributed by atoms with Crippen LogP contribution in [0.5, 0.6) is 0 Å². The van der Waals surface area contributed by atoms with Gasteiger partial charge in [0.25, 0.3) is 0 Å². The van der Waals surface area contributed by atoms with Crippen LogP contribution < -0.4 is 10.6 Å². The van der Waals surface area contributed by atoms with Gasteiger partial charge in [-0.05, 0) is 22.0 Å². The van der Waals surface area contributed by atoms with Crippen molar-refractivity contribution in [1.82, 2.24) is 10.3 Å². The van der Waals surface area contributed by atoms with Crippen LogP contribution in [0.4, 0.5) is 5.82 Å². The van der Waals surface area contributed by atoms with E-state index in [1.807, 2.05) is 0 Å². The number of anilines is 1. The molecule has 0 atom stereocenters. The van der Waals surface area contributed by atoms with E-state index in [-0.39, 0.29) is 12.5 Å². The number of rotatable bonds is 6. The van der Waals surface area contributed by atoms with Gasteiger partial charge in [-0.15, -0.1) is 0 Å². The van der Waals surface area contributed by atoms with Crippen molar-refractivity contribution < 1.29 is 9.53 Å². The zero-order valence-electron chi connectivity index (χ0n) is 9.30. The summed E-state index contributed by atoms with van der Waals surface area (Å²) < 4.78 is 5.53. The minimum absolute atomic E-state index is 0.120. The van der Waals surface area contributed by atoms with Gasteiger partial charge in [0.05, 0.1) is 22.6 Å². The number of ether oxygens (including phenoxy) is 1. The molecule has 1 aromatic heterocycles. The van der Waals surface area contributed by atoms with Crippen molar-refractivity contribution in [2.24, 2.45) is 0 Å². The molecule has 0 radical (unpaired) electrons. The van der Waals surface area contributed by atoms with E-state index >= 15 is 0 Å². The molecule has 1 rings (SSSR count). The molecule has 0 fully saturated rings. The lowest BCUT2D eigenvalue weighted by Crippen LogP contribution is -2.32. The topological polar surface area (TPSA) is 63.2 Å². The van der Waals surface area contributed by atoms with E-state index in [1.54, 1.807) is 13.2 Å². The molecule has 0 aromatic carbocycles. The fourth-order valence-electron chi connectivity index (χ4n) is 1.06. The molecule has 5 nitrogen and oxygen atoms in total. The van der Waals surface area contributed by atoms with Crippen molar-refractivity contribution >= 4 is 39.3 Å². The maximum absolute atomic E-state index is 11.4. The van der Waals surface area contributed by atoms with E-state index in [4.69, 9.17) is 16.3 Å². The van der Waals surface area contributed by atoms with Crippen LogP contribution in [0.15, 0.2) is 16.7 Å². The summed E-state index contributed by atoms with van der Waals surface area (Å²) in [5, 5.41) is 6.12. The molecular weight excluding hydrogens is 309 g/mol. The second-order valence-corrected chi connectivity index (χ2v) is 4.47. The molecule has 17 heavy (non-hydrogen) atoms. The van der Waals surface area contributed by atoms with Crippen molar-refractivity contribution in [2.75, 3.05) is 32.1 Å². The lowest BCUT2D eigenvalue weighted by atomic mass is 10.4. The Kier molecular flexibility index (Phi) is 6.25. The van der Waals surface area contributed by atoms with Crippen molar-refractivity contribution in [1.29, 1.82) is 0 Å². The van der Waals surface area contributed by atoms with Crippen molar-refractivity contribution in [2.45, 2.75) is 0 Å². The second kappa shape index (κ2) is 7.47. The number of nitrogens with zero attached hydrogens (tertiary/aromatic N) is 1. The standard InChI is InChI=1S/C10H13BrClN3O2/c1-17-3-2-13-9(16)6-15-10-8(11)4-7(12)5-14-10/h4-5H,2-3,6H2,1H3,(H,13,16)(H,14,15). The van der Waals surface area contributed by atoms with E-state index in [1.165, 1.54) is 6.20 Å². The number of halogens is 2. The summed E-state index contributed by atoms with van der Waals surface area (Å²) in [5.74, 6) is 0.460. The molecule has 1 amide bonds. The number of hydrogen-bond donors (Lipinski definition) is 2. The summed E-state index contributed by atoms with van der Waals surface area (Å²) in [6, 6.07) is 1.71. The molecule has 0 saturated carbocycles. The number of amides is 1. The molecule has 7 heteroatoms. The first kappa shape index (κ1) is 14.2. The second-order valence-electron chi connectivity index (χ2n) is 3.18. The minimum Gasteiger partial charge on any atom is -0.383 e. The van der Waals surface area contributed by atoms with Gasteiger partial charge in [-0.3, -0.25) is 4.79 Å². The highest BCUT2D eigenvalue weighted by atomic mass is 79.9. The van der Waals surface area contributed by atoms with Gasteiger partial charge < -0.3 is 15.4 Å². The van der Waals surface area contributed by atoms with Crippen LogP contribution in [0.25, 0.3) is 0 Å². The first-order valence-electron chi connectivity index (χ1n) is 4.94. The van der Waals surface area contributed by atoms with Gasteiger partial charge in [0.1, 0.15) is 5.82 Å². The van der Waals surface area contributed by atoms with Gasteiger partial charge in [0.15, 0.2) is 0 Å². The molecule has 0 unspecified atom stereocenters. The van der Waals surface area contributed by atoms with Crippen LogP contribution in [-0.2, 0) is 9.53 Å². The Labute approximate surface area is 113 Å². The maximum atomic E-state index is 11.4. The third-order valence-electron chi connectivity index (χ3n) is 1.85. The molecule has 0 aliphatic rings. The Bertz CT molecular complexity index is 390. The Hall–Kier alpha value is -0.850. The van der Waals surface area contributed by atoms with Crippen molar-refractivity contribution in [3.05, 3.63) is 21.8 Å². The fraction of sp³-hybridized carbons (Fsp3) is 0.400. The number of pyridine rings is 1. The molecule has 0 aliphatic heterocycles. The summed E-state index contributed by atoms with van der Waals surface area (Å²) in [6.07, 6.45) is 1.51. The minimum atomic E-state index is -0.120. The van der Waals surface area contributed by atoms with Crippen LogP contribution in [0.2, 0.25) is 5.02 Å². The molecule has 1 heterocycles. The predicted molar refractivity (Wildman–Crippen MR) is 70.3 cm³/mol. The summed E-state index contributed by atoms with van der Waals surface area (Å²) >= 11 is 9.05. The molecule has 0 saturated heterocycles. The highest BCUT2D eigenvalue weighted by Gasteiger charge is 2.04. The van der Waals surface area contributed by atoms with E-state index in [2.05, 4.69) is 31.5 Å². The zero-order valence-corrected chi connectivity index (χ0v) is 11.6. The number of nitrogens with one attached hydrogen (secondary N) is 2. The Morgan fingerprint density at radius 1 is 1.65 bits per heavy atom. The lowest BCUT2D eigenvalue weighted by molar-refractivity contribution is -0.119. The molecule has 0 bridgehead atoms. The van der Waals surface area contributed by atoms with Crippen LogP contribution in [0, 0.1) is 0 Å². The molecule has 2 N–H and O–H groups in total. The highest BCUT2D eigenvalue weighted by Crippen LogP contribution is 2.22. The van der Waals surface area contributed by atoms with E-state index in [9.17, 15) is 4.79 Å². The third-order valence-corrected chi connectivity index (χ3v) is 2.66. The number of carbonyl (C=O) groups is 1. The molecular formula is C10H13BrClN3O2. The number of hydrogen-bond acceptors (Lipinski definition) is 4.